The summed E-state index contributed by atoms with van der Waals surface area (Å²) >= 11 is 3.44. The third-order valence-corrected chi connectivity index (χ3v) is 4.03. The quantitative estimate of drug-likeness (QED) is 0.797. The van der Waals surface area contributed by atoms with Crippen LogP contribution in [0.2, 0.25) is 0 Å². The standard InChI is InChI=1S/C13H15N3S2/c1-10(17-2)8-11-9-16(15-14-11)12-4-6-13(18-3)7-5-12/h4-9H,1-3H3/b10-8-. The molecular weight excluding hydrogens is 262 g/mol. The van der Waals surface area contributed by atoms with Crippen LogP contribution < -0.4 is 0 Å². The van der Waals surface area contributed by atoms with E-state index >= 15 is 0 Å². The Hall–Kier alpha value is -1.20. The molecule has 0 unspecified atom stereocenters. The lowest BCUT2D eigenvalue weighted by Crippen LogP contribution is -1.94. The van der Waals surface area contributed by atoms with Crippen LogP contribution in [-0.4, -0.2) is 27.5 Å². The van der Waals surface area contributed by atoms with Gasteiger partial charge in [0.15, 0.2) is 0 Å². The highest BCUT2D eigenvalue weighted by Gasteiger charge is 2.01. The molecule has 1 aromatic heterocycles. The summed E-state index contributed by atoms with van der Waals surface area (Å²) in [6.45, 7) is 2.07. The highest BCUT2D eigenvalue weighted by molar-refractivity contribution is 8.02. The van der Waals surface area contributed by atoms with Crippen LogP contribution in [0.1, 0.15) is 12.6 Å². The molecule has 0 N–H and O–H groups in total. The number of allylic oxidation sites excluding steroid dienone is 1. The minimum absolute atomic E-state index is 0.885. The van der Waals surface area contributed by atoms with Crippen molar-refractivity contribution in [3.05, 3.63) is 41.1 Å². The van der Waals surface area contributed by atoms with E-state index in [2.05, 4.69) is 54.0 Å². The Kier molecular flexibility index (Phi) is 4.49. The van der Waals surface area contributed by atoms with Gasteiger partial charge in [0.25, 0.3) is 0 Å². The van der Waals surface area contributed by atoms with Gasteiger partial charge in [-0.25, -0.2) is 4.68 Å². The van der Waals surface area contributed by atoms with Gasteiger partial charge in [-0.1, -0.05) is 5.21 Å². The molecule has 0 aliphatic heterocycles. The maximum absolute atomic E-state index is 4.14. The van der Waals surface area contributed by atoms with E-state index in [1.807, 2.05) is 12.3 Å². The van der Waals surface area contributed by atoms with Crippen molar-refractivity contribution in [2.75, 3.05) is 12.5 Å². The largest absolute Gasteiger partial charge is 0.220 e. The van der Waals surface area contributed by atoms with Crippen LogP contribution in [0, 0.1) is 0 Å². The van der Waals surface area contributed by atoms with Gasteiger partial charge < -0.3 is 0 Å². The van der Waals surface area contributed by atoms with Gasteiger partial charge in [0.05, 0.1) is 11.9 Å². The van der Waals surface area contributed by atoms with Gasteiger partial charge in [0.1, 0.15) is 5.69 Å². The van der Waals surface area contributed by atoms with E-state index in [1.54, 1.807) is 28.2 Å². The zero-order valence-electron chi connectivity index (χ0n) is 10.6. The van der Waals surface area contributed by atoms with Crippen LogP contribution in [0.5, 0.6) is 0 Å². The first-order valence-corrected chi connectivity index (χ1v) is 7.97. The lowest BCUT2D eigenvalue weighted by atomic mass is 10.3. The molecule has 0 saturated heterocycles. The molecule has 0 atom stereocenters. The van der Waals surface area contributed by atoms with Gasteiger partial charge in [-0.15, -0.1) is 28.6 Å². The van der Waals surface area contributed by atoms with Crippen molar-refractivity contribution in [3.8, 4) is 5.69 Å². The third-order valence-electron chi connectivity index (χ3n) is 2.52. The van der Waals surface area contributed by atoms with Gasteiger partial charge in [0.2, 0.25) is 0 Å². The Morgan fingerprint density at radius 3 is 2.56 bits per heavy atom. The van der Waals surface area contributed by atoms with Crippen LogP contribution in [0.3, 0.4) is 0 Å². The maximum atomic E-state index is 4.14. The predicted octanol–water partition coefficient (Wildman–Crippen LogP) is 3.71. The van der Waals surface area contributed by atoms with E-state index in [4.69, 9.17) is 0 Å². The molecule has 0 aliphatic rings. The van der Waals surface area contributed by atoms with Crippen LogP contribution in [-0.2, 0) is 0 Å². The topological polar surface area (TPSA) is 30.7 Å². The monoisotopic (exact) mass is 277 g/mol. The van der Waals surface area contributed by atoms with Crippen molar-refractivity contribution in [2.45, 2.75) is 11.8 Å². The molecule has 0 aliphatic carbocycles. The molecule has 3 nitrogen and oxygen atoms in total. The number of aromatic nitrogens is 3. The Bertz CT molecular complexity index is 544. The van der Waals surface area contributed by atoms with Gasteiger partial charge in [-0.2, -0.15) is 0 Å². The molecule has 0 radical (unpaired) electrons. The maximum Gasteiger partial charge on any atom is 0.107 e. The highest BCUT2D eigenvalue weighted by Crippen LogP contribution is 2.18. The first-order valence-electron chi connectivity index (χ1n) is 5.52. The molecule has 0 spiro atoms. The molecule has 0 bridgehead atoms. The molecule has 18 heavy (non-hydrogen) atoms. The first-order chi connectivity index (χ1) is 8.72. The molecule has 2 aromatic rings. The molecule has 1 aromatic carbocycles. The van der Waals surface area contributed by atoms with Gasteiger partial charge >= 0.3 is 0 Å². The van der Waals surface area contributed by atoms with Crippen molar-refractivity contribution in [3.63, 3.8) is 0 Å². The Labute approximate surface area is 116 Å². The molecule has 2 rings (SSSR count). The van der Waals surface area contributed by atoms with E-state index in [1.165, 1.54) is 9.80 Å². The highest BCUT2D eigenvalue weighted by atomic mass is 32.2. The minimum atomic E-state index is 0.885. The fourth-order valence-electron chi connectivity index (χ4n) is 1.47. The summed E-state index contributed by atoms with van der Waals surface area (Å²) in [7, 11) is 0. The average molecular weight is 277 g/mol. The number of hydrogen-bond donors (Lipinski definition) is 0. The normalized spacial score (nSPS) is 11.8. The fourth-order valence-corrected chi connectivity index (χ4v) is 2.12. The van der Waals surface area contributed by atoms with Gasteiger partial charge in [-0.3, -0.25) is 0 Å². The fraction of sp³-hybridized carbons (Fsp3) is 0.231. The van der Waals surface area contributed by atoms with Crippen molar-refractivity contribution < 1.29 is 0 Å². The van der Waals surface area contributed by atoms with Crippen molar-refractivity contribution in [1.82, 2.24) is 15.0 Å². The lowest BCUT2D eigenvalue weighted by molar-refractivity contribution is 0.802. The van der Waals surface area contributed by atoms with E-state index < -0.39 is 0 Å². The average Bonchev–Trinajstić information content (AvgIpc) is 2.87. The third kappa shape index (κ3) is 3.17. The second kappa shape index (κ2) is 6.11. The van der Waals surface area contributed by atoms with Crippen LogP contribution in [0.15, 0.2) is 40.3 Å². The molecular formula is C13H15N3S2. The van der Waals surface area contributed by atoms with Crippen molar-refractivity contribution in [2.24, 2.45) is 0 Å². The zero-order chi connectivity index (χ0) is 13.0. The Morgan fingerprint density at radius 1 is 1.22 bits per heavy atom. The molecule has 94 valence electrons. The summed E-state index contributed by atoms with van der Waals surface area (Å²) in [6, 6.07) is 8.28. The number of nitrogens with zero attached hydrogens (tertiary/aromatic N) is 3. The summed E-state index contributed by atoms with van der Waals surface area (Å²) in [5.41, 5.74) is 1.91. The van der Waals surface area contributed by atoms with E-state index in [0.29, 0.717) is 0 Å². The number of rotatable bonds is 4. The first kappa shape index (κ1) is 13.2. The van der Waals surface area contributed by atoms with Gasteiger partial charge in [-0.05, 0) is 54.7 Å². The van der Waals surface area contributed by atoms with Gasteiger partial charge in [0, 0.05) is 4.90 Å². The summed E-state index contributed by atoms with van der Waals surface area (Å²) < 4.78 is 1.80. The zero-order valence-corrected chi connectivity index (χ0v) is 12.3. The Balaban J connectivity index is 2.23. The molecule has 0 fully saturated rings. The van der Waals surface area contributed by atoms with Crippen LogP contribution >= 0.6 is 23.5 Å². The summed E-state index contributed by atoms with van der Waals surface area (Å²) in [4.78, 5) is 2.47. The molecule has 0 amide bonds. The minimum Gasteiger partial charge on any atom is -0.220 e. The smallest absolute Gasteiger partial charge is 0.107 e. The molecule has 0 saturated carbocycles. The Morgan fingerprint density at radius 2 is 1.94 bits per heavy atom. The van der Waals surface area contributed by atoms with Crippen LogP contribution in [0.4, 0.5) is 0 Å². The summed E-state index contributed by atoms with van der Waals surface area (Å²) in [5, 5.41) is 8.28. The van der Waals surface area contributed by atoms with E-state index in [0.717, 1.165) is 11.4 Å². The summed E-state index contributed by atoms with van der Waals surface area (Å²) in [5.74, 6) is 0. The van der Waals surface area contributed by atoms with Crippen molar-refractivity contribution >= 4 is 29.6 Å². The number of thioether (sulfide) groups is 2. The van der Waals surface area contributed by atoms with E-state index in [9.17, 15) is 0 Å². The van der Waals surface area contributed by atoms with Crippen LogP contribution in [0.25, 0.3) is 11.8 Å². The number of benzene rings is 1. The van der Waals surface area contributed by atoms with Crippen molar-refractivity contribution in [1.29, 1.82) is 0 Å². The molecule has 5 heteroatoms. The second-order valence-electron chi connectivity index (χ2n) is 3.75. The SMILES string of the molecule is CS/C(C)=C\c1cn(-c2ccc(SC)cc2)nn1. The number of hydrogen-bond acceptors (Lipinski definition) is 4. The lowest BCUT2D eigenvalue weighted by Gasteiger charge is -2.00. The van der Waals surface area contributed by atoms with E-state index in [-0.39, 0.29) is 0 Å². The molecule has 1 heterocycles. The predicted molar refractivity (Wildman–Crippen MR) is 80.3 cm³/mol. The second-order valence-corrected chi connectivity index (χ2v) is 5.68. The summed E-state index contributed by atoms with van der Waals surface area (Å²) in [6.07, 6.45) is 8.09.